The predicted molar refractivity (Wildman–Crippen MR) is 117 cm³/mol. The second-order valence-electron chi connectivity index (χ2n) is 6.90. The van der Waals surface area contributed by atoms with Gasteiger partial charge in [0.2, 0.25) is 5.91 Å². The Bertz CT molecular complexity index is 1180. The van der Waals surface area contributed by atoms with Crippen LogP contribution in [0.2, 0.25) is 0 Å². The summed E-state index contributed by atoms with van der Waals surface area (Å²) in [6.45, 7) is 0.159. The number of hydrogen-bond donors (Lipinski definition) is 0. The van der Waals surface area contributed by atoms with E-state index in [9.17, 15) is 13.2 Å². The molecule has 0 N–H and O–H groups in total. The Morgan fingerprint density at radius 2 is 1.66 bits per heavy atom. The van der Waals surface area contributed by atoms with Gasteiger partial charge in [-0.15, -0.1) is 0 Å². The van der Waals surface area contributed by atoms with E-state index in [1.807, 2.05) is 42.5 Å². The first kappa shape index (κ1) is 19.7. The largest absolute Gasteiger partial charge is 0.340 e. The first-order chi connectivity index (χ1) is 13.9. The van der Waals surface area contributed by atoms with Crippen molar-refractivity contribution >= 4 is 37.5 Å². The molecule has 0 bridgehead atoms. The molecule has 29 heavy (non-hydrogen) atoms. The van der Waals surface area contributed by atoms with Gasteiger partial charge in [-0.05, 0) is 29.8 Å². The second-order valence-corrected chi connectivity index (χ2v) is 9.65. The van der Waals surface area contributed by atoms with Crippen molar-refractivity contribution in [1.82, 2.24) is 4.90 Å². The fourth-order valence-corrected chi connectivity index (χ4v) is 5.47. The summed E-state index contributed by atoms with van der Waals surface area (Å²) in [4.78, 5) is 14.7. The van der Waals surface area contributed by atoms with E-state index in [1.165, 1.54) is 4.31 Å². The lowest BCUT2D eigenvalue weighted by atomic mass is 10.0. The zero-order valence-corrected chi connectivity index (χ0v) is 18.2. The van der Waals surface area contributed by atoms with Crippen molar-refractivity contribution in [2.75, 3.05) is 17.9 Å². The van der Waals surface area contributed by atoms with Gasteiger partial charge in [-0.25, -0.2) is 8.42 Å². The molecule has 0 radical (unpaired) electrons. The van der Waals surface area contributed by atoms with Crippen molar-refractivity contribution in [1.29, 1.82) is 0 Å². The van der Waals surface area contributed by atoms with Crippen molar-refractivity contribution in [3.63, 3.8) is 0 Å². The summed E-state index contributed by atoms with van der Waals surface area (Å²) in [5.41, 5.74) is 2.92. The molecule has 0 saturated carbocycles. The van der Waals surface area contributed by atoms with E-state index in [4.69, 9.17) is 0 Å². The van der Waals surface area contributed by atoms with Crippen LogP contribution in [-0.4, -0.2) is 32.8 Å². The molecule has 1 heterocycles. The van der Waals surface area contributed by atoms with Gasteiger partial charge in [0.25, 0.3) is 10.0 Å². The van der Waals surface area contributed by atoms with Crippen LogP contribution in [0.1, 0.15) is 5.56 Å². The molecule has 3 aromatic carbocycles. The molecule has 1 amide bonds. The number of fused-ring (bicyclic) bond motifs is 3. The Morgan fingerprint density at radius 3 is 2.41 bits per heavy atom. The first-order valence-electron chi connectivity index (χ1n) is 9.07. The van der Waals surface area contributed by atoms with Gasteiger partial charge in [0, 0.05) is 29.2 Å². The van der Waals surface area contributed by atoms with Crippen LogP contribution in [0.25, 0.3) is 11.1 Å². The quantitative estimate of drug-likeness (QED) is 0.571. The third kappa shape index (κ3) is 3.68. The van der Waals surface area contributed by atoms with Gasteiger partial charge in [-0.3, -0.25) is 9.10 Å². The number of rotatable bonds is 4. The molecule has 4 rings (SSSR count). The van der Waals surface area contributed by atoms with Crippen LogP contribution in [0.4, 0.5) is 5.69 Å². The monoisotopic (exact) mass is 470 g/mol. The van der Waals surface area contributed by atoms with Crippen LogP contribution in [0.5, 0.6) is 0 Å². The third-order valence-electron chi connectivity index (χ3n) is 4.94. The molecule has 1 aliphatic rings. The van der Waals surface area contributed by atoms with E-state index in [0.29, 0.717) is 17.8 Å². The fraction of sp³-hybridized carbons (Fsp3) is 0.136. The lowest BCUT2D eigenvalue weighted by Crippen LogP contribution is -2.43. The summed E-state index contributed by atoms with van der Waals surface area (Å²) in [7, 11) is -2.16. The average molecular weight is 471 g/mol. The number of anilines is 1. The zero-order valence-electron chi connectivity index (χ0n) is 15.7. The van der Waals surface area contributed by atoms with E-state index in [-0.39, 0.29) is 17.3 Å². The van der Waals surface area contributed by atoms with Crippen molar-refractivity contribution in [2.45, 2.75) is 11.4 Å². The Labute approximate surface area is 178 Å². The topological polar surface area (TPSA) is 57.7 Å². The molecule has 0 spiro atoms. The number of likely N-dealkylation sites (N-methyl/N-ethyl adjacent to an activating group) is 1. The number of amides is 1. The van der Waals surface area contributed by atoms with E-state index >= 15 is 0 Å². The highest BCUT2D eigenvalue weighted by molar-refractivity contribution is 9.10. The number of benzene rings is 3. The molecule has 0 saturated heterocycles. The third-order valence-corrected chi connectivity index (χ3v) is 7.25. The lowest BCUT2D eigenvalue weighted by molar-refractivity contribution is -0.128. The summed E-state index contributed by atoms with van der Waals surface area (Å²) < 4.78 is 28.7. The molecule has 0 fully saturated rings. The van der Waals surface area contributed by atoms with Gasteiger partial charge in [0.1, 0.15) is 6.54 Å². The second kappa shape index (κ2) is 7.65. The predicted octanol–water partition coefficient (Wildman–Crippen LogP) is 4.28. The number of hydrogen-bond acceptors (Lipinski definition) is 3. The maximum atomic E-state index is 13.3. The number of carbonyl (C=O) groups excluding carboxylic acids is 1. The maximum absolute atomic E-state index is 13.3. The fourth-order valence-electron chi connectivity index (χ4n) is 3.46. The summed E-state index contributed by atoms with van der Waals surface area (Å²) in [5, 5.41) is 0. The van der Waals surface area contributed by atoms with Crippen LogP contribution >= 0.6 is 15.9 Å². The van der Waals surface area contributed by atoms with E-state index in [1.54, 1.807) is 42.3 Å². The molecule has 0 aromatic heterocycles. The first-order valence-corrected chi connectivity index (χ1v) is 11.3. The van der Waals surface area contributed by atoms with E-state index < -0.39 is 10.0 Å². The summed E-state index contributed by atoms with van der Waals surface area (Å²) in [6, 6.07) is 21.9. The lowest BCUT2D eigenvalue weighted by Gasteiger charge is -2.32. The van der Waals surface area contributed by atoms with Crippen LogP contribution in [0, 0.1) is 0 Å². The molecule has 1 aliphatic heterocycles. The minimum absolute atomic E-state index is 0.212. The molecule has 7 heteroatoms. The number of sulfonamides is 1. The molecule has 3 aromatic rings. The van der Waals surface area contributed by atoms with E-state index in [0.717, 1.165) is 15.6 Å². The Morgan fingerprint density at radius 1 is 0.966 bits per heavy atom. The minimum atomic E-state index is -3.84. The average Bonchev–Trinajstić information content (AvgIpc) is 2.72. The van der Waals surface area contributed by atoms with Gasteiger partial charge >= 0.3 is 0 Å². The molecular weight excluding hydrogens is 452 g/mol. The standard InChI is InChI=1S/C22H19BrN2O3S/c1-24(14-16-7-3-2-4-8-16)22(26)15-25-20-12-11-17(23)13-19(20)18-9-5-6-10-21(18)29(25,27)28/h2-13H,14-15H2,1H3. The van der Waals surface area contributed by atoms with Gasteiger partial charge in [0.05, 0.1) is 10.6 Å². The highest BCUT2D eigenvalue weighted by Gasteiger charge is 2.36. The zero-order chi connectivity index (χ0) is 20.6. The molecule has 0 atom stereocenters. The van der Waals surface area contributed by atoms with Crippen LogP contribution < -0.4 is 4.31 Å². The molecule has 0 unspecified atom stereocenters. The highest BCUT2D eigenvalue weighted by atomic mass is 79.9. The summed E-state index contributed by atoms with van der Waals surface area (Å²) in [6.07, 6.45) is 0. The SMILES string of the molecule is CN(Cc1ccccc1)C(=O)CN1c2ccc(Br)cc2-c2ccccc2S1(=O)=O. The van der Waals surface area contributed by atoms with Crippen LogP contribution in [0.15, 0.2) is 82.2 Å². The number of carbonyl (C=O) groups is 1. The number of nitrogens with zero attached hydrogens (tertiary/aromatic N) is 2. The Kier molecular flexibility index (Phi) is 5.19. The van der Waals surface area contributed by atoms with Crippen molar-refractivity contribution in [2.24, 2.45) is 0 Å². The van der Waals surface area contributed by atoms with Crippen molar-refractivity contribution in [3.8, 4) is 11.1 Å². The molecular formula is C22H19BrN2O3S. The smallest absolute Gasteiger partial charge is 0.265 e. The van der Waals surface area contributed by atoms with Crippen LogP contribution in [0.3, 0.4) is 0 Å². The van der Waals surface area contributed by atoms with Crippen molar-refractivity contribution in [3.05, 3.63) is 82.8 Å². The van der Waals surface area contributed by atoms with Crippen molar-refractivity contribution < 1.29 is 13.2 Å². The van der Waals surface area contributed by atoms with Gasteiger partial charge in [0.15, 0.2) is 0 Å². The van der Waals surface area contributed by atoms with Gasteiger partial charge < -0.3 is 4.90 Å². The highest BCUT2D eigenvalue weighted by Crippen LogP contribution is 2.43. The van der Waals surface area contributed by atoms with Gasteiger partial charge in [-0.2, -0.15) is 0 Å². The summed E-state index contributed by atoms with van der Waals surface area (Å²) >= 11 is 3.46. The summed E-state index contributed by atoms with van der Waals surface area (Å²) in [5.74, 6) is -0.273. The normalized spacial score (nSPS) is 14.1. The minimum Gasteiger partial charge on any atom is -0.340 e. The molecule has 0 aliphatic carbocycles. The Hall–Kier alpha value is -2.64. The number of halogens is 1. The van der Waals surface area contributed by atoms with E-state index in [2.05, 4.69) is 15.9 Å². The Balaban J connectivity index is 1.69. The molecule has 5 nitrogen and oxygen atoms in total. The molecule has 148 valence electrons. The van der Waals surface area contributed by atoms with Gasteiger partial charge in [-0.1, -0.05) is 64.5 Å². The maximum Gasteiger partial charge on any atom is 0.265 e. The van der Waals surface area contributed by atoms with Crippen LogP contribution in [-0.2, 0) is 21.4 Å².